The largest absolute Gasteiger partial charge is 0.495 e. The molecule has 1 aromatic heterocycles. The molecule has 1 amide bonds. The van der Waals surface area contributed by atoms with E-state index in [2.05, 4.69) is 14.7 Å². The van der Waals surface area contributed by atoms with Gasteiger partial charge in [0, 0.05) is 18.7 Å². The van der Waals surface area contributed by atoms with Crippen LogP contribution in [-0.4, -0.2) is 49.4 Å². The number of carbonyl (C=O) groups excluding carboxylic acids is 1. The van der Waals surface area contributed by atoms with Gasteiger partial charge < -0.3 is 14.6 Å². The number of fused-ring (bicyclic) bond motifs is 1. The van der Waals surface area contributed by atoms with Gasteiger partial charge in [-0.05, 0) is 49.1 Å². The Balaban J connectivity index is 1.58. The second-order valence-electron chi connectivity index (χ2n) is 9.05. The molecular weight excluding hydrogens is 468 g/mol. The third-order valence-corrected chi connectivity index (χ3v) is 8.02. The molecule has 1 saturated carbocycles. The highest BCUT2D eigenvalue weighted by Crippen LogP contribution is 2.29. The highest BCUT2D eigenvalue weighted by molar-refractivity contribution is 7.89. The summed E-state index contributed by atoms with van der Waals surface area (Å²) in [5.41, 5.74) is 0.439. The minimum absolute atomic E-state index is 0.0465. The standard InChI is InChI=1S/C25H30N4O5S/c1-16-8-4-6-10-19(16)28-35(32,33)22-14-17(12-13-21(22)34-3)25(31)29(2)15-23-26-20-11-7-5-9-18(20)24(30)27-23/h5,7,9,11-14,16,19,28H,4,6,8,10,15H2,1-3H3,(H,26,27,30). The Hall–Kier alpha value is -3.24. The van der Waals surface area contributed by atoms with E-state index in [-0.39, 0.29) is 40.3 Å². The van der Waals surface area contributed by atoms with Gasteiger partial charge in [0.2, 0.25) is 10.0 Å². The van der Waals surface area contributed by atoms with Crippen molar-refractivity contribution in [2.24, 2.45) is 5.92 Å². The Morgan fingerprint density at radius 3 is 2.69 bits per heavy atom. The van der Waals surface area contributed by atoms with Gasteiger partial charge in [0.05, 0.1) is 24.6 Å². The van der Waals surface area contributed by atoms with Gasteiger partial charge in [-0.1, -0.05) is 31.9 Å². The molecule has 2 aromatic carbocycles. The molecule has 2 atom stereocenters. The number of rotatable bonds is 7. The van der Waals surface area contributed by atoms with E-state index >= 15 is 0 Å². The van der Waals surface area contributed by atoms with Gasteiger partial charge in [-0.25, -0.2) is 18.1 Å². The third kappa shape index (κ3) is 5.38. The molecule has 10 heteroatoms. The molecule has 2 N–H and O–H groups in total. The van der Waals surface area contributed by atoms with E-state index in [0.29, 0.717) is 16.7 Å². The predicted molar refractivity (Wildman–Crippen MR) is 133 cm³/mol. The normalized spacial score (nSPS) is 18.4. The minimum atomic E-state index is -3.91. The predicted octanol–water partition coefficient (Wildman–Crippen LogP) is 3.06. The van der Waals surface area contributed by atoms with Crippen molar-refractivity contribution < 1.29 is 17.9 Å². The lowest BCUT2D eigenvalue weighted by atomic mass is 9.87. The van der Waals surface area contributed by atoms with E-state index in [1.54, 1.807) is 31.3 Å². The van der Waals surface area contributed by atoms with Crippen molar-refractivity contribution in [3.8, 4) is 5.75 Å². The summed E-state index contributed by atoms with van der Waals surface area (Å²) < 4.78 is 34.6. The lowest BCUT2D eigenvalue weighted by Gasteiger charge is -2.29. The zero-order chi connectivity index (χ0) is 25.2. The van der Waals surface area contributed by atoms with Gasteiger partial charge in [-0.2, -0.15) is 0 Å². The van der Waals surface area contributed by atoms with Gasteiger partial charge in [0.1, 0.15) is 16.5 Å². The summed E-state index contributed by atoms with van der Waals surface area (Å²) in [5.74, 6) is 0.322. The number of ether oxygens (including phenoxy) is 1. The maximum absolute atomic E-state index is 13.3. The number of aromatic amines is 1. The summed E-state index contributed by atoms with van der Waals surface area (Å²) in [7, 11) is -0.949. The highest BCUT2D eigenvalue weighted by Gasteiger charge is 2.29. The molecular formula is C25H30N4O5S. The number of benzene rings is 2. The van der Waals surface area contributed by atoms with Crippen LogP contribution in [0.3, 0.4) is 0 Å². The molecule has 0 spiro atoms. The number of H-pyrrole nitrogens is 1. The Labute approximate surface area is 204 Å². The summed E-state index contributed by atoms with van der Waals surface area (Å²) in [6, 6.07) is 11.1. The quantitative estimate of drug-likeness (QED) is 0.516. The topological polar surface area (TPSA) is 121 Å². The van der Waals surface area contributed by atoms with Crippen LogP contribution in [0.2, 0.25) is 0 Å². The van der Waals surface area contributed by atoms with Crippen LogP contribution in [0.5, 0.6) is 5.75 Å². The van der Waals surface area contributed by atoms with Crippen molar-refractivity contribution in [2.75, 3.05) is 14.2 Å². The molecule has 4 rings (SSSR count). The smallest absolute Gasteiger partial charge is 0.258 e. The molecule has 1 aliphatic carbocycles. The van der Waals surface area contributed by atoms with Gasteiger partial charge >= 0.3 is 0 Å². The SMILES string of the molecule is COc1ccc(C(=O)N(C)Cc2nc3ccccc3c(=O)[nH]2)cc1S(=O)(=O)NC1CCCCC1C. The summed E-state index contributed by atoms with van der Waals surface area (Å²) in [6.07, 6.45) is 3.82. The minimum Gasteiger partial charge on any atom is -0.495 e. The van der Waals surface area contributed by atoms with Crippen LogP contribution >= 0.6 is 0 Å². The molecule has 0 aliphatic heterocycles. The molecule has 186 valence electrons. The molecule has 0 radical (unpaired) electrons. The molecule has 35 heavy (non-hydrogen) atoms. The number of methoxy groups -OCH3 is 1. The monoisotopic (exact) mass is 498 g/mol. The van der Waals surface area contributed by atoms with E-state index in [1.165, 1.54) is 30.2 Å². The summed E-state index contributed by atoms with van der Waals surface area (Å²) in [5, 5.41) is 0.468. The van der Waals surface area contributed by atoms with Crippen molar-refractivity contribution >= 4 is 26.8 Å². The van der Waals surface area contributed by atoms with Crippen LogP contribution in [0.25, 0.3) is 10.9 Å². The van der Waals surface area contributed by atoms with Crippen LogP contribution < -0.4 is 15.0 Å². The van der Waals surface area contributed by atoms with Crippen LogP contribution in [0, 0.1) is 5.92 Å². The van der Waals surface area contributed by atoms with Crippen molar-refractivity contribution in [3.05, 3.63) is 64.2 Å². The van der Waals surface area contributed by atoms with Crippen LogP contribution in [0.4, 0.5) is 0 Å². The number of aromatic nitrogens is 2. The first-order chi connectivity index (χ1) is 16.7. The Morgan fingerprint density at radius 1 is 1.20 bits per heavy atom. The number of nitrogens with zero attached hydrogens (tertiary/aromatic N) is 2. The van der Waals surface area contributed by atoms with Crippen molar-refractivity contribution in [1.82, 2.24) is 19.6 Å². The number of carbonyl (C=O) groups is 1. The number of hydrogen-bond acceptors (Lipinski definition) is 6. The Kier molecular flexibility index (Phi) is 7.23. The van der Waals surface area contributed by atoms with E-state index in [1.807, 2.05) is 6.92 Å². The zero-order valence-corrected chi connectivity index (χ0v) is 20.9. The van der Waals surface area contributed by atoms with Crippen LogP contribution in [0.15, 0.2) is 52.2 Å². The Bertz CT molecular complexity index is 1400. The molecule has 3 aromatic rings. The van der Waals surface area contributed by atoms with E-state index in [0.717, 1.165) is 25.7 Å². The first-order valence-corrected chi connectivity index (χ1v) is 13.1. The highest BCUT2D eigenvalue weighted by atomic mass is 32.2. The number of para-hydroxylation sites is 1. The first kappa shape index (κ1) is 24.9. The maximum Gasteiger partial charge on any atom is 0.258 e. The van der Waals surface area contributed by atoms with Crippen molar-refractivity contribution in [2.45, 2.75) is 50.1 Å². The molecule has 0 saturated heterocycles. The van der Waals surface area contributed by atoms with E-state index < -0.39 is 15.9 Å². The zero-order valence-electron chi connectivity index (χ0n) is 20.1. The number of amides is 1. The first-order valence-electron chi connectivity index (χ1n) is 11.6. The van der Waals surface area contributed by atoms with Gasteiger partial charge in [0.25, 0.3) is 11.5 Å². The summed E-state index contributed by atoms with van der Waals surface area (Å²) in [4.78, 5) is 34.0. The van der Waals surface area contributed by atoms with Gasteiger partial charge in [0.15, 0.2) is 0 Å². The number of hydrogen-bond donors (Lipinski definition) is 2. The fourth-order valence-electron chi connectivity index (χ4n) is 4.50. The fourth-order valence-corrected chi connectivity index (χ4v) is 6.07. The maximum atomic E-state index is 13.3. The van der Waals surface area contributed by atoms with E-state index in [9.17, 15) is 18.0 Å². The summed E-state index contributed by atoms with van der Waals surface area (Å²) >= 11 is 0. The van der Waals surface area contributed by atoms with Crippen LogP contribution in [0.1, 0.15) is 48.8 Å². The molecule has 1 heterocycles. The second-order valence-corrected chi connectivity index (χ2v) is 10.7. The molecule has 9 nitrogen and oxygen atoms in total. The second kappa shape index (κ2) is 10.2. The van der Waals surface area contributed by atoms with E-state index in [4.69, 9.17) is 4.74 Å². The van der Waals surface area contributed by atoms with Gasteiger partial charge in [-0.3, -0.25) is 9.59 Å². The third-order valence-electron chi connectivity index (χ3n) is 6.51. The fraction of sp³-hybridized carbons (Fsp3) is 0.400. The molecule has 0 bridgehead atoms. The average molecular weight is 499 g/mol. The molecule has 2 unspecified atom stereocenters. The van der Waals surface area contributed by atoms with Crippen molar-refractivity contribution in [1.29, 1.82) is 0 Å². The summed E-state index contributed by atoms with van der Waals surface area (Å²) in [6.45, 7) is 2.09. The Morgan fingerprint density at radius 2 is 1.94 bits per heavy atom. The number of sulfonamides is 1. The van der Waals surface area contributed by atoms with Gasteiger partial charge in [-0.15, -0.1) is 0 Å². The lowest BCUT2D eigenvalue weighted by Crippen LogP contribution is -2.41. The van der Waals surface area contributed by atoms with Crippen LogP contribution in [-0.2, 0) is 16.6 Å². The lowest BCUT2D eigenvalue weighted by molar-refractivity contribution is 0.0781. The number of nitrogens with one attached hydrogen (secondary N) is 2. The van der Waals surface area contributed by atoms with Crippen molar-refractivity contribution in [3.63, 3.8) is 0 Å². The average Bonchev–Trinajstić information content (AvgIpc) is 2.84. The molecule has 1 fully saturated rings. The molecule has 1 aliphatic rings.